The predicted octanol–water partition coefficient (Wildman–Crippen LogP) is -4.51. The lowest BCUT2D eigenvalue weighted by molar-refractivity contribution is -0.150. The standard InChI is InChI=1S/C50H77N13O15/c1-26(2)22-31(56-40(68)27(3)51)43(71)60-39(28(4)65)48(76)63-21-11-17-37(63)47(75)62-20-10-16-36(62)45(73)59-34(25-64)46(74)61-19-9-15-35(61)44(72)57-32(23-29-12-6-5-7-13-29)42(70)55-30(14-8-18-54-50(52)53)41(69)58-33(49(77)78)24-38(66)67/h5-7,12-13,26-28,30-37,39,64-65H,8-11,14-25,51H2,1-4H3,(H,55,70)(H,56,68)(H,57,72)(H,58,69)(H,59,73)(H,60,71)(H,66,67)(H,77,78)(H4,52,53,54)/t27-,28+,30-,31-,32-,33-,34-,35-,36-,37-,39-/m0/s1. The van der Waals surface area contributed by atoms with Crippen LogP contribution < -0.4 is 49.1 Å². The number of hydrogen-bond donors (Lipinski definition) is 13. The molecular formula is C50H77N13O15. The fraction of sp³-hybridized carbons (Fsp3) is 0.640. The molecule has 0 bridgehead atoms. The highest BCUT2D eigenvalue weighted by Crippen LogP contribution is 2.27. The number of nitrogens with two attached hydrogens (primary N) is 3. The quantitative estimate of drug-likeness (QED) is 0.0214. The van der Waals surface area contributed by atoms with Crippen LogP contribution in [0.5, 0.6) is 0 Å². The normalized spacial score (nSPS) is 20.2. The van der Waals surface area contributed by atoms with Gasteiger partial charge in [0.15, 0.2) is 5.96 Å². The number of carboxylic acid groups (broad SMARTS) is 2. The summed E-state index contributed by atoms with van der Waals surface area (Å²) in [4.78, 5) is 155. The maximum Gasteiger partial charge on any atom is 0.326 e. The van der Waals surface area contributed by atoms with Gasteiger partial charge in [0.1, 0.15) is 54.4 Å². The zero-order chi connectivity index (χ0) is 58.0. The third-order valence-electron chi connectivity index (χ3n) is 13.6. The van der Waals surface area contributed by atoms with Crippen LogP contribution in [0, 0.1) is 5.92 Å². The average molecular weight is 1100 g/mol. The van der Waals surface area contributed by atoms with Gasteiger partial charge in [-0.15, -0.1) is 0 Å². The van der Waals surface area contributed by atoms with Gasteiger partial charge in [0, 0.05) is 32.6 Å². The van der Waals surface area contributed by atoms with Crippen molar-refractivity contribution in [2.75, 3.05) is 32.8 Å². The number of aliphatic hydroxyl groups is 2. The van der Waals surface area contributed by atoms with Gasteiger partial charge < -0.3 is 84.2 Å². The van der Waals surface area contributed by atoms with Crippen LogP contribution in [0.1, 0.15) is 97.5 Å². The van der Waals surface area contributed by atoms with Gasteiger partial charge in [-0.25, -0.2) is 4.79 Å². The Bertz CT molecular complexity index is 2350. The Labute approximate surface area is 451 Å². The second-order valence-corrected chi connectivity index (χ2v) is 20.3. The monoisotopic (exact) mass is 1100 g/mol. The molecule has 3 saturated heterocycles. The number of hydrogen-bond acceptors (Lipinski definition) is 15. The second kappa shape index (κ2) is 29.9. The van der Waals surface area contributed by atoms with E-state index in [0.717, 1.165) is 4.90 Å². The lowest BCUT2D eigenvalue weighted by Gasteiger charge is -2.34. The summed E-state index contributed by atoms with van der Waals surface area (Å²) in [6, 6.07) is -4.89. The smallest absolute Gasteiger partial charge is 0.326 e. The molecule has 0 spiro atoms. The van der Waals surface area contributed by atoms with Crippen LogP contribution in [0.3, 0.4) is 0 Å². The zero-order valence-corrected chi connectivity index (χ0v) is 44.4. The molecule has 3 aliphatic heterocycles. The van der Waals surface area contributed by atoms with E-state index in [0.29, 0.717) is 24.8 Å². The van der Waals surface area contributed by atoms with Gasteiger partial charge in [0.25, 0.3) is 0 Å². The number of nitrogens with one attached hydrogen (secondary N) is 6. The summed E-state index contributed by atoms with van der Waals surface area (Å²) in [7, 11) is 0. The number of rotatable bonds is 28. The number of carboxylic acids is 2. The molecule has 0 saturated carbocycles. The van der Waals surface area contributed by atoms with Crippen molar-refractivity contribution in [3.8, 4) is 0 Å². The Morgan fingerprint density at radius 1 is 0.641 bits per heavy atom. The van der Waals surface area contributed by atoms with Crippen molar-refractivity contribution in [2.24, 2.45) is 28.1 Å². The molecule has 28 nitrogen and oxygen atoms in total. The lowest BCUT2D eigenvalue weighted by atomic mass is 10.0. The first kappa shape index (κ1) is 63.1. The molecule has 4 rings (SSSR count). The topological polar surface area (TPSA) is 441 Å². The molecule has 0 radical (unpaired) electrons. The molecule has 0 unspecified atom stereocenters. The van der Waals surface area contributed by atoms with Crippen molar-refractivity contribution < 1.29 is 73.2 Å². The van der Waals surface area contributed by atoms with E-state index in [9.17, 15) is 73.2 Å². The van der Waals surface area contributed by atoms with Gasteiger partial charge in [0.05, 0.1) is 25.2 Å². The van der Waals surface area contributed by atoms with Gasteiger partial charge in [-0.2, -0.15) is 0 Å². The zero-order valence-electron chi connectivity index (χ0n) is 44.4. The Morgan fingerprint density at radius 2 is 1.15 bits per heavy atom. The number of likely N-dealkylation sites (tertiary alicyclic amines) is 3. The molecule has 3 heterocycles. The van der Waals surface area contributed by atoms with Crippen LogP contribution in [0.4, 0.5) is 0 Å². The summed E-state index contributed by atoms with van der Waals surface area (Å²) in [5.74, 6) is -10.5. The summed E-state index contributed by atoms with van der Waals surface area (Å²) in [6.45, 7) is 5.68. The van der Waals surface area contributed by atoms with E-state index in [-0.39, 0.29) is 83.0 Å². The summed E-state index contributed by atoms with van der Waals surface area (Å²) < 4.78 is 0. The molecule has 0 aliphatic carbocycles. The third kappa shape index (κ3) is 18.1. The van der Waals surface area contributed by atoms with Crippen molar-refractivity contribution in [2.45, 2.75) is 165 Å². The van der Waals surface area contributed by atoms with Gasteiger partial charge in [-0.1, -0.05) is 44.2 Å². The molecule has 3 aliphatic rings. The number of guanidine groups is 1. The molecule has 3 fully saturated rings. The number of aliphatic hydroxyl groups excluding tert-OH is 2. The average Bonchev–Trinajstić information content (AvgIpc) is 4.19. The van der Waals surface area contributed by atoms with Gasteiger partial charge in [0.2, 0.25) is 53.2 Å². The van der Waals surface area contributed by atoms with Crippen molar-refractivity contribution in [3.63, 3.8) is 0 Å². The van der Waals surface area contributed by atoms with Crippen LogP contribution in [-0.4, -0.2) is 205 Å². The highest BCUT2D eigenvalue weighted by Gasteiger charge is 2.46. The Morgan fingerprint density at radius 3 is 1.69 bits per heavy atom. The lowest BCUT2D eigenvalue weighted by Crippen LogP contribution is -2.61. The molecule has 28 heteroatoms. The molecule has 9 amide bonds. The largest absolute Gasteiger partial charge is 0.481 e. The highest BCUT2D eigenvalue weighted by atomic mass is 16.4. The second-order valence-electron chi connectivity index (χ2n) is 20.3. The summed E-state index contributed by atoms with van der Waals surface area (Å²) in [5.41, 5.74) is 17.1. The maximum atomic E-state index is 14.3. The first-order valence-electron chi connectivity index (χ1n) is 26.2. The van der Waals surface area contributed by atoms with Gasteiger partial charge in [-0.05, 0) is 83.1 Å². The van der Waals surface area contributed by atoms with Crippen molar-refractivity contribution >= 4 is 71.1 Å². The summed E-state index contributed by atoms with van der Waals surface area (Å²) >= 11 is 0. The maximum absolute atomic E-state index is 14.3. The molecule has 0 aromatic heterocycles. The number of aliphatic imine (C=N–C) groups is 1. The van der Waals surface area contributed by atoms with Crippen LogP contribution in [0.15, 0.2) is 35.3 Å². The van der Waals surface area contributed by atoms with Crippen LogP contribution in [0.2, 0.25) is 0 Å². The minimum Gasteiger partial charge on any atom is -0.481 e. The molecular weight excluding hydrogens is 1020 g/mol. The molecule has 1 aromatic carbocycles. The summed E-state index contributed by atoms with van der Waals surface area (Å²) in [5, 5.41) is 55.1. The Balaban J connectivity index is 1.48. The van der Waals surface area contributed by atoms with E-state index in [1.54, 1.807) is 30.3 Å². The SMILES string of the molecule is CC(C)C[C@H](NC(=O)[C@H](C)N)C(=O)N[C@H](C(=O)N1CCC[C@H]1C(=O)N1CCC[C@H]1C(=O)N[C@@H](CO)C(=O)N1CCC[C@H]1C(=O)N[C@@H](Cc1ccccc1)C(=O)N[C@@H](CCCN=C(N)N)C(=O)N[C@@H](CC(=O)O)C(=O)O)[C@@H](C)O. The molecule has 16 N–H and O–H groups in total. The molecule has 11 atom stereocenters. The van der Waals surface area contributed by atoms with Crippen LogP contribution in [-0.2, 0) is 59.2 Å². The minimum atomic E-state index is -1.86. The minimum absolute atomic E-state index is 0.00122. The highest BCUT2D eigenvalue weighted by molar-refractivity contribution is 5.99. The van der Waals surface area contributed by atoms with Crippen molar-refractivity contribution in [3.05, 3.63) is 35.9 Å². The Kier molecular flexibility index (Phi) is 24.2. The van der Waals surface area contributed by atoms with E-state index in [1.165, 1.54) is 23.6 Å². The first-order valence-corrected chi connectivity index (χ1v) is 26.2. The Hall–Kier alpha value is -7.46. The van der Waals surface area contributed by atoms with Crippen LogP contribution >= 0.6 is 0 Å². The number of amides is 9. The van der Waals surface area contributed by atoms with E-state index in [2.05, 4.69) is 36.9 Å². The van der Waals surface area contributed by atoms with Crippen molar-refractivity contribution in [1.82, 2.24) is 46.6 Å². The van der Waals surface area contributed by atoms with E-state index in [4.69, 9.17) is 17.2 Å². The van der Waals surface area contributed by atoms with E-state index >= 15 is 0 Å². The number of benzene rings is 1. The van der Waals surface area contributed by atoms with Gasteiger partial charge >= 0.3 is 11.9 Å². The molecule has 1 aromatic rings. The van der Waals surface area contributed by atoms with E-state index in [1.807, 2.05) is 13.8 Å². The first-order chi connectivity index (χ1) is 36.8. The number of aliphatic carboxylic acids is 2. The molecule has 432 valence electrons. The number of carbonyl (C=O) groups excluding carboxylic acids is 9. The third-order valence-corrected chi connectivity index (χ3v) is 13.6. The number of nitrogens with zero attached hydrogens (tertiary/aromatic N) is 4. The number of carbonyl (C=O) groups is 11. The fourth-order valence-corrected chi connectivity index (χ4v) is 9.58. The van der Waals surface area contributed by atoms with Gasteiger partial charge in [-0.3, -0.25) is 52.9 Å². The molecule has 78 heavy (non-hydrogen) atoms. The van der Waals surface area contributed by atoms with Crippen molar-refractivity contribution in [1.29, 1.82) is 0 Å². The summed E-state index contributed by atoms with van der Waals surface area (Å²) in [6.07, 6.45) is -0.922. The fourth-order valence-electron chi connectivity index (χ4n) is 9.58. The predicted molar refractivity (Wildman–Crippen MR) is 278 cm³/mol. The van der Waals surface area contributed by atoms with E-state index < -0.39 is 145 Å². The van der Waals surface area contributed by atoms with Crippen LogP contribution in [0.25, 0.3) is 0 Å².